The molecule has 0 saturated carbocycles. The lowest BCUT2D eigenvalue weighted by atomic mass is 10.3. The molecule has 0 bridgehead atoms. The van der Waals surface area contributed by atoms with Crippen LogP contribution >= 0.6 is 0 Å². The highest BCUT2D eigenvalue weighted by Crippen LogP contribution is 2.16. The molecule has 2 heterocycles. The van der Waals surface area contributed by atoms with E-state index in [1.54, 1.807) is 24.5 Å². The second-order valence-corrected chi connectivity index (χ2v) is 6.89. The number of aromatic nitrogens is 2. The van der Waals surface area contributed by atoms with Crippen LogP contribution in [-0.2, 0) is 16.6 Å². The van der Waals surface area contributed by atoms with Gasteiger partial charge in [-0.05, 0) is 48.0 Å². The van der Waals surface area contributed by atoms with Crippen molar-refractivity contribution in [1.29, 1.82) is 0 Å². The largest absolute Gasteiger partial charge is 0.380 e. The molecule has 0 atom stereocenters. The maximum atomic E-state index is 12.9. The Morgan fingerprint density at radius 3 is 2.44 bits per heavy atom. The van der Waals surface area contributed by atoms with Gasteiger partial charge in [-0.1, -0.05) is 6.07 Å². The Labute approximate surface area is 144 Å². The highest BCUT2D eigenvalue weighted by atomic mass is 32.2. The van der Waals surface area contributed by atoms with E-state index >= 15 is 0 Å². The standard InChI is InChI=1S/C17H15FN4O2S/c18-14-3-6-16(7-4-14)25(23,24)22-17-8-5-15(12-21-17)20-11-13-2-1-9-19-10-13/h1-10,12,20H,11H2,(H,21,22). The average Bonchev–Trinajstić information content (AvgIpc) is 2.62. The van der Waals surface area contributed by atoms with Gasteiger partial charge in [0.05, 0.1) is 16.8 Å². The maximum absolute atomic E-state index is 12.9. The van der Waals surface area contributed by atoms with Crippen LogP contribution in [0.5, 0.6) is 0 Å². The van der Waals surface area contributed by atoms with Crippen LogP contribution in [0.1, 0.15) is 5.56 Å². The first-order valence-corrected chi connectivity index (χ1v) is 8.88. The molecule has 0 spiro atoms. The molecule has 0 aliphatic heterocycles. The number of anilines is 2. The molecule has 2 aromatic heterocycles. The van der Waals surface area contributed by atoms with Gasteiger partial charge in [-0.2, -0.15) is 0 Å². The number of rotatable bonds is 6. The van der Waals surface area contributed by atoms with E-state index in [9.17, 15) is 12.8 Å². The Bertz CT molecular complexity index is 931. The minimum absolute atomic E-state index is 0.0329. The molecule has 3 aromatic rings. The van der Waals surface area contributed by atoms with Crippen molar-refractivity contribution in [2.45, 2.75) is 11.4 Å². The first-order chi connectivity index (χ1) is 12.0. The normalized spacial score (nSPS) is 11.1. The molecule has 128 valence electrons. The number of nitrogens with zero attached hydrogens (tertiary/aromatic N) is 2. The lowest BCUT2D eigenvalue weighted by Crippen LogP contribution is -2.14. The summed E-state index contributed by atoms with van der Waals surface area (Å²) in [4.78, 5) is 8.07. The third-order valence-corrected chi connectivity index (χ3v) is 4.72. The van der Waals surface area contributed by atoms with Crippen LogP contribution in [0.4, 0.5) is 15.9 Å². The molecule has 0 amide bonds. The van der Waals surface area contributed by atoms with E-state index in [1.807, 2.05) is 12.1 Å². The summed E-state index contributed by atoms with van der Waals surface area (Å²) in [5.74, 6) is -0.322. The summed E-state index contributed by atoms with van der Waals surface area (Å²) < 4.78 is 39.7. The van der Waals surface area contributed by atoms with Crippen LogP contribution < -0.4 is 10.0 Å². The van der Waals surface area contributed by atoms with E-state index in [4.69, 9.17) is 0 Å². The van der Waals surface area contributed by atoms with Crippen LogP contribution in [0.15, 0.2) is 72.0 Å². The highest BCUT2D eigenvalue weighted by molar-refractivity contribution is 7.92. The number of halogens is 1. The van der Waals surface area contributed by atoms with Gasteiger partial charge in [-0.25, -0.2) is 17.8 Å². The van der Waals surface area contributed by atoms with Crippen molar-refractivity contribution in [3.05, 3.63) is 78.5 Å². The Kier molecular flexibility index (Phi) is 4.90. The summed E-state index contributed by atoms with van der Waals surface area (Å²) in [6.45, 7) is 0.580. The van der Waals surface area contributed by atoms with E-state index in [1.165, 1.54) is 18.3 Å². The van der Waals surface area contributed by atoms with Crippen LogP contribution in [0.2, 0.25) is 0 Å². The number of benzene rings is 1. The van der Waals surface area contributed by atoms with E-state index in [-0.39, 0.29) is 10.7 Å². The number of hydrogen-bond donors (Lipinski definition) is 2. The zero-order chi connectivity index (χ0) is 17.7. The molecule has 0 radical (unpaired) electrons. The number of pyridine rings is 2. The van der Waals surface area contributed by atoms with Gasteiger partial charge in [0.1, 0.15) is 11.6 Å². The van der Waals surface area contributed by atoms with Crippen LogP contribution in [0.25, 0.3) is 0 Å². The molecule has 0 saturated heterocycles. The Morgan fingerprint density at radius 1 is 1.00 bits per heavy atom. The van der Waals surface area contributed by atoms with Crippen LogP contribution in [0, 0.1) is 5.82 Å². The number of sulfonamides is 1. The molecule has 2 N–H and O–H groups in total. The number of nitrogens with one attached hydrogen (secondary N) is 2. The maximum Gasteiger partial charge on any atom is 0.263 e. The fourth-order valence-electron chi connectivity index (χ4n) is 2.08. The Morgan fingerprint density at radius 2 is 1.80 bits per heavy atom. The average molecular weight is 358 g/mol. The van der Waals surface area contributed by atoms with Gasteiger partial charge in [-0.15, -0.1) is 0 Å². The zero-order valence-corrected chi connectivity index (χ0v) is 13.9. The summed E-state index contributed by atoms with van der Waals surface area (Å²) >= 11 is 0. The minimum atomic E-state index is -3.81. The van der Waals surface area contributed by atoms with Crippen molar-refractivity contribution in [2.24, 2.45) is 0 Å². The molecule has 0 fully saturated rings. The molecule has 8 heteroatoms. The Balaban J connectivity index is 1.65. The van der Waals surface area contributed by atoms with Crippen molar-refractivity contribution < 1.29 is 12.8 Å². The van der Waals surface area contributed by atoms with E-state index < -0.39 is 15.8 Å². The second-order valence-electron chi connectivity index (χ2n) is 5.21. The monoisotopic (exact) mass is 358 g/mol. The second kappa shape index (κ2) is 7.27. The first kappa shape index (κ1) is 16.8. The predicted molar refractivity (Wildman–Crippen MR) is 93.0 cm³/mol. The third-order valence-electron chi connectivity index (χ3n) is 3.35. The van der Waals surface area contributed by atoms with E-state index in [0.29, 0.717) is 6.54 Å². The van der Waals surface area contributed by atoms with Crippen LogP contribution in [0.3, 0.4) is 0 Å². The fraction of sp³-hybridized carbons (Fsp3) is 0.0588. The van der Waals surface area contributed by atoms with Crippen molar-refractivity contribution in [1.82, 2.24) is 9.97 Å². The van der Waals surface area contributed by atoms with Gasteiger partial charge in [0.25, 0.3) is 10.0 Å². The van der Waals surface area contributed by atoms with Crippen molar-refractivity contribution in [3.8, 4) is 0 Å². The highest BCUT2D eigenvalue weighted by Gasteiger charge is 2.14. The summed E-state index contributed by atoms with van der Waals surface area (Å²) in [6, 6.07) is 11.6. The molecule has 25 heavy (non-hydrogen) atoms. The lowest BCUT2D eigenvalue weighted by Gasteiger charge is -2.09. The van der Waals surface area contributed by atoms with Crippen molar-refractivity contribution in [2.75, 3.05) is 10.0 Å². The molecular weight excluding hydrogens is 343 g/mol. The molecular formula is C17H15FN4O2S. The van der Waals surface area contributed by atoms with Gasteiger partial charge in [-0.3, -0.25) is 9.71 Å². The lowest BCUT2D eigenvalue weighted by molar-refractivity contribution is 0.599. The van der Waals surface area contributed by atoms with Gasteiger partial charge in [0.15, 0.2) is 0 Å². The fourth-order valence-corrected chi connectivity index (χ4v) is 3.08. The summed E-state index contributed by atoms with van der Waals surface area (Å²) in [5.41, 5.74) is 1.76. The predicted octanol–water partition coefficient (Wildman–Crippen LogP) is 3.03. The molecule has 0 unspecified atom stereocenters. The van der Waals surface area contributed by atoms with Crippen molar-refractivity contribution in [3.63, 3.8) is 0 Å². The third kappa shape index (κ3) is 4.51. The zero-order valence-electron chi connectivity index (χ0n) is 13.1. The van der Waals surface area contributed by atoms with Crippen molar-refractivity contribution >= 4 is 21.5 Å². The molecule has 0 aliphatic carbocycles. The van der Waals surface area contributed by atoms with Gasteiger partial charge in [0, 0.05) is 18.9 Å². The topological polar surface area (TPSA) is 84.0 Å². The van der Waals surface area contributed by atoms with Crippen LogP contribution in [-0.4, -0.2) is 18.4 Å². The summed E-state index contributed by atoms with van der Waals surface area (Å²) in [7, 11) is -3.81. The molecule has 1 aromatic carbocycles. The SMILES string of the molecule is O=S(=O)(Nc1ccc(NCc2cccnc2)cn1)c1ccc(F)cc1. The minimum Gasteiger partial charge on any atom is -0.380 e. The summed E-state index contributed by atoms with van der Waals surface area (Å²) in [5, 5.41) is 3.17. The Hall–Kier alpha value is -3.00. The van der Waals surface area contributed by atoms with Gasteiger partial charge >= 0.3 is 0 Å². The van der Waals surface area contributed by atoms with E-state index in [2.05, 4.69) is 20.0 Å². The quantitative estimate of drug-likeness (QED) is 0.708. The number of hydrogen-bond acceptors (Lipinski definition) is 5. The summed E-state index contributed by atoms with van der Waals surface area (Å²) in [6.07, 6.45) is 4.98. The smallest absolute Gasteiger partial charge is 0.263 e. The molecule has 6 nitrogen and oxygen atoms in total. The molecule has 0 aliphatic rings. The van der Waals surface area contributed by atoms with E-state index in [0.717, 1.165) is 23.4 Å². The molecule has 3 rings (SSSR count). The first-order valence-electron chi connectivity index (χ1n) is 7.40. The van der Waals surface area contributed by atoms with Gasteiger partial charge < -0.3 is 5.32 Å². The van der Waals surface area contributed by atoms with Gasteiger partial charge in [0.2, 0.25) is 0 Å².